The maximum absolute atomic E-state index is 14.5. The molecule has 5 rings (SSSR count). The van der Waals surface area contributed by atoms with Gasteiger partial charge in [-0.25, -0.2) is 12.8 Å². The number of halogens is 1. The van der Waals surface area contributed by atoms with Crippen LogP contribution in [0.25, 0.3) is 5.69 Å². The second-order valence-corrected chi connectivity index (χ2v) is 9.96. The number of fused-ring (bicyclic) bond motifs is 1. The molecule has 0 spiro atoms. The molecule has 0 atom stereocenters. The van der Waals surface area contributed by atoms with Crippen molar-refractivity contribution >= 4 is 27.3 Å². The number of nitrogens with one attached hydrogen (secondary N) is 1. The maximum atomic E-state index is 14.5. The lowest BCUT2D eigenvalue weighted by atomic mass is 10.0. The number of nitrogens with zero attached hydrogens (tertiary/aromatic N) is 5. The molecule has 0 aliphatic carbocycles. The predicted octanol–water partition coefficient (Wildman–Crippen LogP) is 3.50. The van der Waals surface area contributed by atoms with Crippen molar-refractivity contribution in [3.8, 4) is 5.69 Å². The number of rotatable bonds is 5. The van der Waals surface area contributed by atoms with Crippen LogP contribution in [0.3, 0.4) is 0 Å². The number of hydrogen-bond donors (Lipinski definition) is 1. The van der Waals surface area contributed by atoms with Gasteiger partial charge in [0.25, 0.3) is 15.9 Å². The van der Waals surface area contributed by atoms with Crippen molar-refractivity contribution in [1.82, 2.24) is 20.2 Å². The lowest BCUT2D eigenvalue weighted by molar-refractivity contribution is 0.102. The van der Waals surface area contributed by atoms with Crippen LogP contribution in [0.1, 0.15) is 28.2 Å². The van der Waals surface area contributed by atoms with Crippen LogP contribution >= 0.6 is 0 Å². The molecule has 0 radical (unpaired) electrons. The van der Waals surface area contributed by atoms with Crippen LogP contribution in [0.5, 0.6) is 0 Å². The van der Waals surface area contributed by atoms with E-state index in [1.54, 1.807) is 19.1 Å². The van der Waals surface area contributed by atoms with Crippen LogP contribution in [0.2, 0.25) is 0 Å². The van der Waals surface area contributed by atoms with Gasteiger partial charge in [-0.1, -0.05) is 24.3 Å². The van der Waals surface area contributed by atoms with E-state index in [0.717, 1.165) is 12.0 Å². The summed E-state index contributed by atoms with van der Waals surface area (Å²) >= 11 is 0. The summed E-state index contributed by atoms with van der Waals surface area (Å²) in [4.78, 5) is 12.9. The SMILES string of the molecule is Cc1nnnn1-c1ccc(F)c(NC(=O)c2cccc(S(=O)(=O)N3CCCc4ccccc43)c2)c1. The minimum Gasteiger partial charge on any atom is -0.319 e. The molecule has 0 fully saturated rings. The van der Waals surface area contributed by atoms with E-state index in [2.05, 4.69) is 20.8 Å². The van der Waals surface area contributed by atoms with Crippen molar-refractivity contribution in [2.24, 2.45) is 0 Å². The molecule has 1 aliphatic rings. The summed E-state index contributed by atoms with van der Waals surface area (Å²) in [5, 5.41) is 13.7. The number of aromatic nitrogens is 4. The number of aryl methyl sites for hydroxylation is 2. The number of anilines is 2. The molecule has 1 aromatic heterocycles. The standard InChI is InChI=1S/C24H21FN6O3S/c1-16-27-28-29-31(16)19-11-12-21(25)22(15-19)26-24(32)18-7-4-9-20(14-18)35(33,34)30-13-5-8-17-6-2-3-10-23(17)30/h2-4,6-7,9-12,14-15H,5,8,13H2,1H3,(H,26,32). The van der Waals surface area contributed by atoms with Gasteiger partial charge in [0, 0.05) is 12.1 Å². The van der Waals surface area contributed by atoms with Crippen molar-refractivity contribution in [3.63, 3.8) is 0 Å². The highest BCUT2D eigenvalue weighted by atomic mass is 32.2. The molecule has 3 aromatic carbocycles. The number of carbonyl (C=O) groups is 1. The van der Waals surface area contributed by atoms with Gasteiger partial charge in [-0.3, -0.25) is 9.10 Å². The maximum Gasteiger partial charge on any atom is 0.264 e. The largest absolute Gasteiger partial charge is 0.319 e. The highest BCUT2D eigenvalue weighted by Gasteiger charge is 2.29. The zero-order chi connectivity index (χ0) is 24.6. The molecule has 0 unspecified atom stereocenters. The van der Waals surface area contributed by atoms with Crippen molar-refractivity contribution < 1.29 is 17.6 Å². The number of carbonyl (C=O) groups excluding carboxylic acids is 1. The Balaban J connectivity index is 1.43. The summed E-state index contributed by atoms with van der Waals surface area (Å²) < 4.78 is 44.2. The minimum atomic E-state index is -3.90. The van der Waals surface area contributed by atoms with Gasteiger partial charge in [-0.2, -0.15) is 4.68 Å². The van der Waals surface area contributed by atoms with E-state index in [9.17, 15) is 17.6 Å². The number of benzene rings is 3. The van der Waals surface area contributed by atoms with E-state index in [0.29, 0.717) is 30.2 Å². The van der Waals surface area contributed by atoms with Gasteiger partial charge < -0.3 is 5.32 Å². The first-order valence-corrected chi connectivity index (χ1v) is 12.4. The van der Waals surface area contributed by atoms with E-state index in [4.69, 9.17) is 0 Å². The molecule has 0 bridgehead atoms. The molecule has 9 nitrogen and oxygen atoms in total. The normalized spacial score (nSPS) is 13.4. The summed E-state index contributed by atoms with van der Waals surface area (Å²) in [6.45, 7) is 2.04. The fraction of sp³-hybridized carbons (Fsp3) is 0.167. The zero-order valence-corrected chi connectivity index (χ0v) is 19.5. The molecule has 178 valence electrons. The Morgan fingerprint density at radius 2 is 1.89 bits per heavy atom. The smallest absolute Gasteiger partial charge is 0.264 e. The number of sulfonamides is 1. The van der Waals surface area contributed by atoms with Crippen molar-refractivity contribution in [2.45, 2.75) is 24.7 Å². The van der Waals surface area contributed by atoms with Crippen LogP contribution in [0.15, 0.2) is 71.6 Å². The highest BCUT2D eigenvalue weighted by molar-refractivity contribution is 7.92. The Labute approximate surface area is 201 Å². The highest BCUT2D eigenvalue weighted by Crippen LogP contribution is 2.32. The molecule has 11 heteroatoms. The molecular weight excluding hydrogens is 471 g/mol. The van der Waals surface area contributed by atoms with Crippen LogP contribution in [-0.2, 0) is 16.4 Å². The fourth-order valence-electron chi connectivity index (χ4n) is 4.08. The van der Waals surface area contributed by atoms with Crippen molar-refractivity contribution in [3.05, 3.63) is 89.5 Å². The molecule has 4 aromatic rings. The molecule has 1 amide bonds. The van der Waals surface area contributed by atoms with Crippen LogP contribution in [0.4, 0.5) is 15.8 Å². The van der Waals surface area contributed by atoms with Crippen LogP contribution in [0, 0.1) is 12.7 Å². The van der Waals surface area contributed by atoms with Crippen molar-refractivity contribution in [1.29, 1.82) is 0 Å². The Hall–Kier alpha value is -4.12. The number of amides is 1. The first kappa shape index (κ1) is 22.7. The van der Waals surface area contributed by atoms with Gasteiger partial charge in [0.05, 0.1) is 22.0 Å². The van der Waals surface area contributed by atoms with E-state index >= 15 is 0 Å². The lowest BCUT2D eigenvalue weighted by Gasteiger charge is -2.30. The monoisotopic (exact) mass is 492 g/mol. The van der Waals surface area contributed by atoms with E-state index in [1.165, 1.54) is 51.5 Å². The summed E-state index contributed by atoms with van der Waals surface area (Å²) in [6.07, 6.45) is 1.51. The third-order valence-corrected chi connectivity index (χ3v) is 7.63. The van der Waals surface area contributed by atoms with Crippen LogP contribution in [-0.4, -0.2) is 41.1 Å². The molecular formula is C24H21FN6O3S. The van der Waals surface area contributed by atoms with Gasteiger partial charge in [0.2, 0.25) is 0 Å². The first-order chi connectivity index (χ1) is 16.8. The quantitative estimate of drug-likeness (QED) is 0.457. The summed E-state index contributed by atoms with van der Waals surface area (Å²) in [6, 6.07) is 17.2. The zero-order valence-electron chi connectivity index (χ0n) is 18.7. The van der Waals surface area contributed by atoms with Gasteiger partial charge >= 0.3 is 0 Å². The van der Waals surface area contributed by atoms with E-state index in [-0.39, 0.29) is 16.1 Å². The summed E-state index contributed by atoms with van der Waals surface area (Å²) in [7, 11) is -3.90. The average molecular weight is 493 g/mol. The molecule has 1 N–H and O–H groups in total. The predicted molar refractivity (Wildman–Crippen MR) is 128 cm³/mol. The first-order valence-electron chi connectivity index (χ1n) is 10.9. The Kier molecular flexibility index (Phi) is 5.77. The third-order valence-electron chi connectivity index (χ3n) is 5.82. The second kappa shape index (κ2) is 8.91. The van der Waals surface area contributed by atoms with Gasteiger partial charge in [-0.15, -0.1) is 5.10 Å². The third kappa shape index (κ3) is 4.26. The molecule has 1 aliphatic heterocycles. The minimum absolute atomic E-state index is 0.0135. The lowest BCUT2D eigenvalue weighted by Crippen LogP contribution is -2.35. The molecule has 0 saturated heterocycles. The van der Waals surface area contributed by atoms with Crippen molar-refractivity contribution in [2.75, 3.05) is 16.2 Å². The summed E-state index contributed by atoms with van der Waals surface area (Å²) in [5.41, 5.74) is 2.07. The van der Waals surface area contributed by atoms with E-state index in [1.807, 2.05) is 12.1 Å². The molecule has 35 heavy (non-hydrogen) atoms. The van der Waals surface area contributed by atoms with Crippen LogP contribution < -0.4 is 9.62 Å². The summed E-state index contributed by atoms with van der Waals surface area (Å²) in [5.74, 6) is -0.807. The Morgan fingerprint density at radius 1 is 1.06 bits per heavy atom. The Morgan fingerprint density at radius 3 is 2.69 bits per heavy atom. The average Bonchev–Trinajstić information content (AvgIpc) is 3.30. The topological polar surface area (TPSA) is 110 Å². The van der Waals surface area contributed by atoms with Gasteiger partial charge in [0.15, 0.2) is 5.82 Å². The molecule has 0 saturated carbocycles. The number of hydrogen-bond acceptors (Lipinski definition) is 6. The number of para-hydroxylation sites is 1. The van der Waals surface area contributed by atoms with Gasteiger partial charge in [0.1, 0.15) is 5.82 Å². The molecule has 2 heterocycles. The van der Waals surface area contributed by atoms with Gasteiger partial charge in [-0.05, 0) is 78.2 Å². The number of tetrazole rings is 1. The Bertz CT molecular complexity index is 1540. The van der Waals surface area contributed by atoms with E-state index < -0.39 is 21.7 Å². The fourth-order valence-corrected chi connectivity index (χ4v) is 5.67. The second-order valence-electron chi connectivity index (χ2n) is 8.09.